The fourth-order valence-corrected chi connectivity index (χ4v) is 4.34. The topological polar surface area (TPSA) is 60.2 Å². The van der Waals surface area contributed by atoms with Crippen LogP contribution in [0.2, 0.25) is 0 Å². The van der Waals surface area contributed by atoms with Gasteiger partial charge in [-0.15, -0.1) is 5.10 Å². The lowest BCUT2D eigenvalue weighted by Crippen LogP contribution is -2.14. The first kappa shape index (κ1) is 17.6. The fraction of sp³-hybridized carbons (Fsp3) is 0.100. The summed E-state index contributed by atoms with van der Waals surface area (Å²) in [6.45, 7) is 2.07. The molecule has 7 heteroatoms. The molecule has 0 saturated carbocycles. The zero-order valence-corrected chi connectivity index (χ0v) is 16.2. The van der Waals surface area contributed by atoms with Gasteiger partial charge in [0, 0.05) is 24.2 Å². The van der Waals surface area contributed by atoms with E-state index in [1.165, 1.54) is 33.0 Å². The van der Waals surface area contributed by atoms with E-state index in [4.69, 9.17) is 0 Å². The van der Waals surface area contributed by atoms with Gasteiger partial charge in [-0.05, 0) is 30.2 Å². The quantitative estimate of drug-likeness (QED) is 0.474. The van der Waals surface area contributed by atoms with E-state index >= 15 is 0 Å². The van der Waals surface area contributed by atoms with E-state index in [-0.39, 0.29) is 5.56 Å². The molecule has 0 saturated heterocycles. The summed E-state index contributed by atoms with van der Waals surface area (Å²) in [5.41, 5.74) is 3.86. The second-order valence-corrected chi connectivity index (χ2v) is 8.15. The minimum atomic E-state index is -0.177. The molecule has 0 unspecified atom stereocenters. The first-order valence-corrected chi connectivity index (χ1v) is 10.1. The molecule has 134 valence electrons. The van der Waals surface area contributed by atoms with E-state index in [9.17, 15) is 4.79 Å². The van der Waals surface area contributed by atoms with Gasteiger partial charge in [-0.1, -0.05) is 65.1 Å². The number of thioether (sulfide) groups is 1. The van der Waals surface area contributed by atoms with Crippen molar-refractivity contribution in [2.24, 2.45) is 0 Å². The molecule has 5 nitrogen and oxygen atoms in total. The molecule has 0 aliphatic heterocycles. The van der Waals surface area contributed by atoms with Gasteiger partial charge in [0.25, 0.3) is 5.56 Å². The first-order valence-electron chi connectivity index (χ1n) is 8.35. The molecule has 4 aromatic rings. The van der Waals surface area contributed by atoms with Crippen LogP contribution < -0.4 is 5.56 Å². The van der Waals surface area contributed by atoms with E-state index in [2.05, 4.69) is 46.3 Å². The Morgan fingerprint density at radius 2 is 2.04 bits per heavy atom. The lowest BCUT2D eigenvalue weighted by atomic mass is 10.2. The van der Waals surface area contributed by atoms with Crippen LogP contribution in [-0.2, 0) is 5.75 Å². The zero-order chi connectivity index (χ0) is 18.6. The molecule has 3 heterocycles. The van der Waals surface area contributed by atoms with Crippen LogP contribution in [-0.4, -0.2) is 19.6 Å². The van der Waals surface area contributed by atoms with E-state index in [1.54, 1.807) is 24.2 Å². The van der Waals surface area contributed by atoms with Gasteiger partial charge in [0.1, 0.15) is 0 Å². The molecule has 4 rings (SSSR count). The predicted molar refractivity (Wildman–Crippen MR) is 111 cm³/mol. The summed E-state index contributed by atoms with van der Waals surface area (Å²) in [5.74, 6) is 0.808. The number of aryl methyl sites for hydroxylation is 1. The first-order chi connectivity index (χ1) is 13.2. The molecule has 1 aromatic carbocycles. The number of aromatic nitrogens is 4. The summed E-state index contributed by atoms with van der Waals surface area (Å²) < 4.78 is 2.19. The summed E-state index contributed by atoms with van der Waals surface area (Å²) in [5, 5.41) is 4.39. The Labute approximate surface area is 164 Å². The lowest BCUT2D eigenvalue weighted by Gasteiger charge is -1.98. The van der Waals surface area contributed by atoms with Gasteiger partial charge < -0.3 is 0 Å². The largest absolute Gasteiger partial charge is 0.275 e. The predicted octanol–water partition coefficient (Wildman–Crippen LogP) is 4.32. The van der Waals surface area contributed by atoms with Crippen LogP contribution in [0.1, 0.15) is 22.4 Å². The van der Waals surface area contributed by atoms with Gasteiger partial charge >= 0.3 is 0 Å². The normalized spacial score (nSPS) is 11.4. The minimum absolute atomic E-state index is 0.177. The van der Waals surface area contributed by atoms with Crippen LogP contribution in [0.5, 0.6) is 0 Å². The smallest absolute Gasteiger partial charge is 0.267 e. The van der Waals surface area contributed by atoms with Crippen molar-refractivity contribution in [1.29, 1.82) is 0 Å². The van der Waals surface area contributed by atoms with Crippen LogP contribution in [0.3, 0.4) is 0 Å². The van der Waals surface area contributed by atoms with Crippen molar-refractivity contribution >= 4 is 40.2 Å². The highest BCUT2D eigenvalue weighted by Gasteiger charge is 2.09. The third-order valence-electron chi connectivity index (χ3n) is 3.86. The van der Waals surface area contributed by atoms with Crippen molar-refractivity contribution in [3.8, 4) is 0 Å². The van der Waals surface area contributed by atoms with Gasteiger partial charge in [-0.25, -0.2) is 4.98 Å². The third-order valence-corrected chi connectivity index (χ3v) is 5.97. The lowest BCUT2D eigenvalue weighted by molar-refractivity contribution is 0.855. The minimum Gasteiger partial charge on any atom is -0.267 e. The van der Waals surface area contributed by atoms with E-state index in [1.807, 2.05) is 24.3 Å². The second kappa shape index (κ2) is 7.85. The van der Waals surface area contributed by atoms with Gasteiger partial charge in [-0.2, -0.15) is 4.52 Å². The number of benzene rings is 1. The van der Waals surface area contributed by atoms with Crippen molar-refractivity contribution in [2.75, 3.05) is 0 Å². The standard InChI is InChI=1S/C20H16N4OS2/c1-14-4-6-16(7-5-14)13-26-20-23-24-18(25)11-17(22-19(24)27-20)9-8-15-3-2-10-21-12-15/h2-12H,13H2,1H3. The van der Waals surface area contributed by atoms with Crippen LogP contribution in [0.25, 0.3) is 17.1 Å². The SMILES string of the molecule is Cc1ccc(CSc2nn3c(=O)cc(C=Cc4cccnc4)nc3s2)cc1. The molecular formula is C20H16N4OS2. The molecule has 0 fully saturated rings. The molecule has 0 bridgehead atoms. The van der Waals surface area contributed by atoms with E-state index in [0.29, 0.717) is 10.7 Å². The third kappa shape index (κ3) is 4.32. The summed E-state index contributed by atoms with van der Waals surface area (Å²) in [7, 11) is 0. The Kier molecular flexibility index (Phi) is 5.13. The van der Waals surface area contributed by atoms with Crippen LogP contribution in [0, 0.1) is 6.92 Å². The van der Waals surface area contributed by atoms with Crippen molar-refractivity contribution < 1.29 is 0 Å². The zero-order valence-electron chi connectivity index (χ0n) is 14.6. The number of nitrogens with zero attached hydrogens (tertiary/aromatic N) is 4. The number of hydrogen-bond donors (Lipinski definition) is 0. The second-order valence-electron chi connectivity index (χ2n) is 5.98. The van der Waals surface area contributed by atoms with Crippen molar-refractivity contribution in [3.05, 3.63) is 87.6 Å². The van der Waals surface area contributed by atoms with Gasteiger partial charge in [0.2, 0.25) is 4.96 Å². The van der Waals surface area contributed by atoms with Gasteiger partial charge in [0.15, 0.2) is 4.34 Å². The highest BCUT2D eigenvalue weighted by Crippen LogP contribution is 2.26. The summed E-state index contributed by atoms with van der Waals surface area (Å²) in [4.78, 5) is 21.6. The highest BCUT2D eigenvalue weighted by atomic mass is 32.2. The molecular weight excluding hydrogens is 376 g/mol. The Bertz CT molecular complexity index is 1150. The number of hydrogen-bond acceptors (Lipinski definition) is 6. The molecule has 0 aliphatic carbocycles. The summed E-state index contributed by atoms with van der Waals surface area (Å²) >= 11 is 3.04. The maximum Gasteiger partial charge on any atom is 0.275 e. The van der Waals surface area contributed by atoms with E-state index < -0.39 is 0 Å². The maximum absolute atomic E-state index is 12.3. The average molecular weight is 393 g/mol. The Morgan fingerprint density at radius 1 is 1.19 bits per heavy atom. The van der Waals surface area contributed by atoms with Crippen LogP contribution in [0.4, 0.5) is 0 Å². The van der Waals surface area contributed by atoms with Crippen molar-refractivity contribution in [2.45, 2.75) is 17.0 Å². The molecule has 0 N–H and O–H groups in total. The highest BCUT2D eigenvalue weighted by molar-refractivity contribution is 8.00. The molecule has 27 heavy (non-hydrogen) atoms. The molecule has 0 amide bonds. The Balaban J connectivity index is 1.55. The number of pyridine rings is 1. The van der Waals surface area contributed by atoms with Gasteiger partial charge in [0.05, 0.1) is 5.69 Å². The fourth-order valence-electron chi connectivity index (χ4n) is 2.44. The average Bonchev–Trinajstić information content (AvgIpc) is 3.10. The van der Waals surface area contributed by atoms with Gasteiger partial charge in [-0.3, -0.25) is 9.78 Å². The maximum atomic E-state index is 12.3. The van der Waals surface area contributed by atoms with Crippen LogP contribution >= 0.6 is 23.1 Å². The monoisotopic (exact) mass is 392 g/mol. The van der Waals surface area contributed by atoms with E-state index in [0.717, 1.165) is 15.7 Å². The number of rotatable bonds is 5. The molecule has 3 aromatic heterocycles. The molecule has 0 aliphatic rings. The molecule has 0 atom stereocenters. The van der Waals surface area contributed by atoms with Crippen molar-refractivity contribution in [3.63, 3.8) is 0 Å². The Hall–Kier alpha value is -2.77. The summed E-state index contributed by atoms with van der Waals surface area (Å²) in [6.07, 6.45) is 7.19. The molecule has 0 radical (unpaired) electrons. The van der Waals surface area contributed by atoms with Crippen molar-refractivity contribution in [1.82, 2.24) is 19.6 Å². The Morgan fingerprint density at radius 3 is 2.81 bits per heavy atom. The number of fused-ring (bicyclic) bond motifs is 1. The van der Waals surface area contributed by atoms with Crippen LogP contribution in [0.15, 0.2) is 64.0 Å². The summed E-state index contributed by atoms with van der Waals surface area (Å²) in [6, 6.07) is 13.7. The molecule has 0 spiro atoms.